The number of fused-ring (bicyclic) bond motifs is 1. The molecule has 2 aromatic rings. The van der Waals surface area contributed by atoms with Crippen molar-refractivity contribution in [3.8, 4) is 0 Å². The second kappa shape index (κ2) is 9.86. The highest BCUT2D eigenvalue weighted by Gasteiger charge is 2.25. The van der Waals surface area contributed by atoms with Crippen LogP contribution in [-0.4, -0.2) is 35.9 Å². The lowest BCUT2D eigenvalue weighted by molar-refractivity contribution is -0.136. The van der Waals surface area contributed by atoms with Gasteiger partial charge in [0, 0.05) is 35.3 Å². The molecule has 3 rings (SSSR count). The van der Waals surface area contributed by atoms with E-state index in [4.69, 9.17) is 0 Å². The summed E-state index contributed by atoms with van der Waals surface area (Å²) in [6.45, 7) is 4.56. The van der Waals surface area contributed by atoms with E-state index >= 15 is 0 Å². The van der Waals surface area contributed by atoms with E-state index in [9.17, 15) is 19.5 Å². The molecule has 1 aromatic heterocycles. The average molecular weight is 430 g/mol. The lowest BCUT2D eigenvalue weighted by Crippen LogP contribution is -2.38. The topological polar surface area (TPSA) is 98.7 Å². The molecule has 3 amide bonds. The third-order valence-electron chi connectivity index (χ3n) is 5.00. The van der Waals surface area contributed by atoms with Crippen molar-refractivity contribution in [2.24, 2.45) is 5.92 Å². The van der Waals surface area contributed by atoms with Gasteiger partial charge >= 0.3 is 11.8 Å². The summed E-state index contributed by atoms with van der Waals surface area (Å²) < 4.78 is 0. The maximum atomic E-state index is 12.5. The van der Waals surface area contributed by atoms with E-state index in [1.165, 1.54) is 11.3 Å². The molecule has 8 heteroatoms. The van der Waals surface area contributed by atoms with Gasteiger partial charge in [-0.2, -0.15) is 0 Å². The van der Waals surface area contributed by atoms with Crippen molar-refractivity contribution in [1.82, 2.24) is 5.32 Å². The fourth-order valence-corrected chi connectivity index (χ4v) is 4.15. The molecule has 0 bridgehead atoms. The third-order valence-corrected chi connectivity index (χ3v) is 5.98. The van der Waals surface area contributed by atoms with Gasteiger partial charge in [0.15, 0.2) is 0 Å². The van der Waals surface area contributed by atoms with Gasteiger partial charge in [0.25, 0.3) is 0 Å². The minimum Gasteiger partial charge on any atom is -0.388 e. The van der Waals surface area contributed by atoms with Crippen LogP contribution in [0, 0.1) is 5.92 Å². The maximum Gasteiger partial charge on any atom is 0.313 e. The first kappa shape index (κ1) is 22.0. The lowest BCUT2D eigenvalue weighted by Gasteiger charge is -2.31. The molecule has 160 valence electrons. The highest BCUT2D eigenvalue weighted by molar-refractivity contribution is 7.10. The predicted molar refractivity (Wildman–Crippen MR) is 117 cm³/mol. The van der Waals surface area contributed by atoms with Crippen LogP contribution in [0.2, 0.25) is 0 Å². The quantitative estimate of drug-likeness (QED) is 0.615. The molecule has 2 heterocycles. The second-order valence-corrected chi connectivity index (χ2v) is 8.60. The molecule has 1 aliphatic heterocycles. The zero-order chi connectivity index (χ0) is 21.7. The van der Waals surface area contributed by atoms with Crippen LogP contribution in [0.3, 0.4) is 0 Å². The number of amides is 3. The Balaban J connectivity index is 1.58. The molecule has 1 aromatic carbocycles. The molecule has 1 aliphatic rings. The largest absolute Gasteiger partial charge is 0.388 e. The Morgan fingerprint density at radius 2 is 2.00 bits per heavy atom. The summed E-state index contributed by atoms with van der Waals surface area (Å²) in [4.78, 5) is 39.4. The van der Waals surface area contributed by atoms with Crippen molar-refractivity contribution in [2.75, 3.05) is 23.3 Å². The minimum atomic E-state index is -0.780. The molecule has 0 saturated heterocycles. The van der Waals surface area contributed by atoms with Crippen LogP contribution in [-0.2, 0) is 20.8 Å². The summed E-state index contributed by atoms with van der Waals surface area (Å²) in [6.07, 6.45) is 1.43. The molecule has 1 atom stereocenters. The molecule has 3 N–H and O–H groups in total. The van der Waals surface area contributed by atoms with Gasteiger partial charge in [0.2, 0.25) is 5.91 Å². The Morgan fingerprint density at radius 1 is 1.20 bits per heavy atom. The van der Waals surface area contributed by atoms with Crippen LogP contribution in [0.15, 0.2) is 35.7 Å². The van der Waals surface area contributed by atoms with Gasteiger partial charge in [-0.05, 0) is 48.4 Å². The lowest BCUT2D eigenvalue weighted by atomic mass is 9.99. The number of aliphatic hydroxyl groups is 1. The molecule has 0 unspecified atom stereocenters. The van der Waals surface area contributed by atoms with Gasteiger partial charge in [-0.3, -0.25) is 14.4 Å². The van der Waals surface area contributed by atoms with E-state index in [0.717, 1.165) is 29.0 Å². The summed E-state index contributed by atoms with van der Waals surface area (Å²) in [5, 5.41) is 17.0. The predicted octanol–water partition coefficient (Wildman–Crippen LogP) is 2.86. The van der Waals surface area contributed by atoms with Crippen LogP contribution < -0.4 is 15.5 Å². The molecule has 0 radical (unpaired) electrons. The fraction of sp³-hybridized carbons (Fsp3) is 0.409. The molecular weight excluding hydrogens is 402 g/mol. The van der Waals surface area contributed by atoms with Crippen LogP contribution >= 0.6 is 11.3 Å². The number of anilines is 2. The Kier molecular flexibility index (Phi) is 7.23. The normalized spacial score (nSPS) is 14.2. The average Bonchev–Trinajstić information content (AvgIpc) is 3.27. The number of nitrogens with one attached hydrogen (secondary N) is 2. The van der Waals surface area contributed by atoms with E-state index in [-0.39, 0.29) is 18.4 Å². The summed E-state index contributed by atoms with van der Waals surface area (Å²) >= 11 is 1.44. The smallest absolute Gasteiger partial charge is 0.313 e. The Labute approximate surface area is 180 Å². The number of aryl methyl sites for hydroxylation is 1. The summed E-state index contributed by atoms with van der Waals surface area (Å²) in [5.74, 6) is -1.62. The number of carbonyl (C=O) groups excluding carboxylic acids is 3. The Bertz CT molecular complexity index is 911. The van der Waals surface area contributed by atoms with Crippen LogP contribution in [0.4, 0.5) is 11.4 Å². The monoisotopic (exact) mass is 429 g/mol. The molecular formula is C22H27N3O4S. The first-order chi connectivity index (χ1) is 14.4. The maximum absolute atomic E-state index is 12.5. The molecule has 0 aliphatic carbocycles. The van der Waals surface area contributed by atoms with E-state index < -0.39 is 17.9 Å². The number of thiophene rings is 1. The Hall–Kier alpha value is -2.71. The zero-order valence-electron chi connectivity index (χ0n) is 17.2. The van der Waals surface area contributed by atoms with Crippen molar-refractivity contribution in [1.29, 1.82) is 0 Å². The molecule has 0 saturated carbocycles. The van der Waals surface area contributed by atoms with Gasteiger partial charge in [-0.15, -0.1) is 11.3 Å². The molecule has 0 fully saturated rings. The number of hydrogen-bond donors (Lipinski definition) is 3. The zero-order valence-corrected chi connectivity index (χ0v) is 18.0. The Morgan fingerprint density at radius 3 is 2.70 bits per heavy atom. The van der Waals surface area contributed by atoms with Gasteiger partial charge in [-0.1, -0.05) is 26.0 Å². The van der Waals surface area contributed by atoms with Crippen molar-refractivity contribution in [3.05, 3.63) is 46.2 Å². The molecule has 30 heavy (non-hydrogen) atoms. The summed E-state index contributed by atoms with van der Waals surface area (Å²) in [7, 11) is 0. The minimum absolute atomic E-state index is 0.0430. The van der Waals surface area contributed by atoms with E-state index in [1.807, 2.05) is 37.4 Å². The van der Waals surface area contributed by atoms with Crippen LogP contribution in [0.1, 0.15) is 43.2 Å². The first-order valence-corrected chi connectivity index (χ1v) is 11.0. The number of nitrogens with zero attached hydrogens (tertiary/aromatic N) is 1. The second-order valence-electron chi connectivity index (χ2n) is 7.62. The fourth-order valence-electron chi connectivity index (χ4n) is 3.41. The van der Waals surface area contributed by atoms with Gasteiger partial charge in [-0.25, -0.2) is 0 Å². The standard InChI is InChI=1S/C22H27N3O4S/c1-14(2)22(29)25-11-3-5-15-7-8-16(13-17(15)25)24-21(28)20(27)23-10-9-18(26)19-6-4-12-30-19/h4,6-8,12-14,18,26H,3,5,9-11H2,1-2H3,(H,23,27)(H,24,28)/t18-/m1/s1. The van der Waals surface area contributed by atoms with Crippen molar-refractivity contribution < 1.29 is 19.5 Å². The van der Waals surface area contributed by atoms with Crippen LogP contribution in [0.5, 0.6) is 0 Å². The number of hydrogen-bond acceptors (Lipinski definition) is 5. The summed E-state index contributed by atoms with van der Waals surface area (Å²) in [6, 6.07) is 9.06. The highest BCUT2D eigenvalue weighted by Crippen LogP contribution is 2.31. The number of carbonyl (C=O) groups is 3. The van der Waals surface area contributed by atoms with E-state index in [1.54, 1.807) is 17.0 Å². The van der Waals surface area contributed by atoms with Gasteiger partial charge in [0.1, 0.15) is 0 Å². The number of aliphatic hydroxyl groups excluding tert-OH is 1. The van der Waals surface area contributed by atoms with E-state index in [2.05, 4.69) is 10.6 Å². The van der Waals surface area contributed by atoms with Gasteiger partial charge in [0.05, 0.1) is 6.10 Å². The van der Waals surface area contributed by atoms with E-state index in [0.29, 0.717) is 18.7 Å². The van der Waals surface area contributed by atoms with Gasteiger partial charge < -0.3 is 20.6 Å². The number of rotatable bonds is 6. The summed E-state index contributed by atoms with van der Waals surface area (Å²) in [5.41, 5.74) is 2.31. The van der Waals surface area contributed by atoms with Crippen molar-refractivity contribution in [2.45, 2.75) is 39.2 Å². The van der Waals surface area contributed by atoms with Crippen molar-refractivity contribution >= 4 is 40.4 Å². The highest BCUT2D eigenvalue weighted by atomic mass is 32.1. The third kappa shape index (κ3) is 5.25. The van der Waals surface area contributed by atoms with Crippen LogP contribution in [0.25, 0.3) is 0 Å². The molecule has 7 nitrogen and oxygen atoms in total. The van der Waals surface area contributed by atoms with Crippen molar-refractivity contribution in [3.63, 3.8) is 0 Å². The SMILES string of the molecule is CC(C)C(=O)N1CCCc2ccc(NC(=O)C(=O)NCC[C@@H](O)c3cccs3)cc21. The number of benzene rings is 1. The molecule has 0 spiro atoms. The first-order valence-electron chi connectivity index (χ1n) is 10.1.